The van der Waals surface area contributed by atoms with E-state index >= 15 is 0 Å². The second-order valence-electron chi connectivity index (χ2n) is 5.28. The summed E-state index contributed by atoms with van der Waals surface area (Å²) in [4.78, 5) is 6.72. The molecule has 2 atom stereocenters. The molecule has 1 aliphatic rings. The van der Waals surface area contributed by atoms with Gasteiger partial charge in [-0.1, -0.05) is 19.1 Å². The van der Waals surface area contributed by atoms with Gasteiger partial charge in [0.25, 0.3) is 0 Å². The van der Waals surface area contributed by atoms with E-state index in [0.29, 0.717) is 0 Å². The molecule has 2 heterocycles. The molecule has 1 aromatic heterocycles. The maximum Gasteiger partial charge on any atom is 0.0894 e. The number of aromatic nitrogens is 1. The second-order valence-corrected chi connectivity index (χ2v) is 5.28. The minimum absolute atomic E-state index is 0.0674. The maximum absolute atomic E-state index is 6.41. The van der Waals surface area contributed by atoms with Gasteiger partial charge in [-0.25, -0.2) is 0 Å². The lowest BCUT2D eigenvalue weighted by Gasteiger charge is -2.35. The molecule has 1 aromatic carbocycles. The number of hydrogen-bond donors (Lipinski definition) is 1. The van der Waals surface area contributed by atoms with Gasteiger partial charge in [0.05, 0.1) is 24.3 Å². The monoisotopic (exact) mass is 271 g/mol. The lowest BCUT2D eigenvalue weighted by atomic mass is 9.99. The molecule has 0 bridgehead atoms. The predicted octanol–water partition coefficient (Wildman–Crippen LogP) is 1.96. The van der Waals surface area contributed by atoms with Crippen LogP contribution in [-0.2, 0) is 4.74 Å². The Morgan fingerprint density at radius 1 is 1.45 bits per heavy atom. The van der Waals surface area contributed by atoms with E-state index in [2.05, 4.69) is 35.0 Å². The lowest BCUT2D eigenvalue weighted by molar-refractivity contribution is -0.0392. The van der Waals surface area contributed by atoms with Crippen molar-refractivity contribution in [2.24, 2.45) is 5.73 Å². The Morgan fingerprint density at radius 2 is 2.35 bits per heavy atom. The average molecular weight is 271 g/mol. The van der Waals surface area contributed by atoms with Crippen molar-refractivity contribution in [2.75, 3.05) is 26.2 Å². The molecule has 0 amide bonds. The fourth-order valence-corrected chi connectivity index (χ4v) is 2.75. The Kier molecular flexibility index (Phi) is 3.96. The molecule has 1 saturated heterocycles. The van der Waals surface area contributed by atoms with Gasteiger partial charge in [-0.15, -0.1) is 0 Å². The molecule has 1 fully saturated rings. The van der Waals surface area contributed by atoms with Crippen LogP contribution in [0.4, 0.5) is 0 Å². The van der Waals surface area contributed by atoms with Crippen LogP contribution in [0.1, 0.15) is 18.5 Å². The molecule has 2 N–H and O–H groups in total. The van der Waals surface area contributed by atoms with Crippen LogP contribution in [0.25, 0.3) is 10.9 Å². The number of rotatable bonds is 3. The van der Waals surface area contributed by atoms with Gasteiger partial charge in [0.2, 0.25) is 0 Å². The number of likely N-dealkylation sites (N-methyl/N-ethyl adjacent to an activating group) is 1. The quantitative estimate of drug-likeness (QED) is 0.927. The fourth-order valence-electron chi connectivity index (χ4n) is 2.75. The summed E-state index contributed by atoms with van der Waals surface area (Å²) >= 11 is 0. The molecular formula is C16H21N3O. The molecular weight excluding hydrogens is 250 g/mol. The van der Waals surface area contributed by atoms with Crippen LogP contribution in [0, 0.1) is 0 Å². The Morgan fingerprint density at radius 3 is 3.20 bits per heavy atom. The Bertz CT molecular complexity index is 587. The van der Waals surface area contributed by atoms with Crippen LogP contribution in [0.2, 0.25) is 0 Å². The normalized spacial score (nSPS) is 22.0. The largest absolute Gasteiger partial charge is 0.374 e. The van der Waals surface area contributed by atoms with Crippen molar-refractivity contribution in [3.05, 3.63) is 42.1 Å². The van der Waals surface area contributed by atoms with Crippen LogP contribution < -0.4 is 5.73 Å². The molecule has 0 saturated carbocycles. The highest BCUT2D eigenvalue weighted by molar-refractivity contribution is 5.79. The minimum Gasteiger partial charge on any atom is -0.374 e. The SMILES string of the molecule is CCN1CCOC(C(N)c2ccc3ncccc3c2)C1. The van der Waals surface area contributed by atoms with Gasteiger partial charge in [0.15, 0.2) is 0 Å². The number of ether oxygens (including phenoxy) is 1. The minimum atomic E-state index is -0.0889. The lowest BCUT2D eigenvalue weighted by Crippen LogP contribution is -2.46. The van der Waals surface area contributed by atoms with E-state index in [1.165, 1.54) is 0 Å². The van der Waals surface area contributed by atoms with Gasteiger partial charge >= 0.3 is 0 Å². The van der Waals surface area contributed by atoms with E-state index in [1.807, 2.05) is 18.3 Å². The molecule has 0 radical (unpaired) electrons. The van der Waals surface area contributed by atoms with E-state index < -0.39 is 0 Å². The summed E-state index contributed by atoms with van der Waals surface area (Å²) in [5.41, 5.74) is 8.53. The first kappa shape index (κ1) is 13.5. The molecule has 2 unspecified atom stereocenters. The zero-order chi connectivity index (χ0) is 13.9. The second kappa shape index (κ2) is 5.87. The summed E-state index contributed by atoms with van der Waals surface area (Å²) in [6.45, 7) is 5.90. The van der Waals surface area contributed by atoms with Crippen LogP contribution in [0.15, 0.2) is 36.5 Å². The van der Waals surface area contributed by atoms with Crippen molar-refractivity contribution in [1.29, 1.82) is 0 Å². The number of benzene rings is 1. The zero-order valence-corrected chi connectivity index (χ0v) is 11.8. The molecule has 3 rings (SSSR count). The van der Waals surface area contributed by atoms with E-state index in [0.717, 1.165) is 42.7 Å². The summed E-state index contributed by atoms with van der Waals surface area (Å²) in [7, 11) is 0. The Balaban J connectivity index is 1.82. The first-order valence-corrected chi connectivity index (χ1v) is 7.22. The molecule has 2 aromatic rings. The third-order valence-electron chi connectivity index (χ3n) is 4.04. The summed E-state index contributed by atoms with van der Waals surface area (Å²) in [5.74, 6) is 0. The fraction of sp³-hybridized carbons (Fsp3) is 0.438. The number of nitrogens with two attached hydrogens (primary N) is 1. The van der Waals surface area contributed by atoms with E-state index in [4.69, 9.17) is 10.5 Å². The standard InChI is InChI=1S/C16H21N3O/c1-2-19-8-9-20-15(11-19)16(17)13-5-6-14-12(10-13)4-3-7-18-14/h3-7,10,15-16H,2,8-9,11,17H2,1H3. The number of nitrogens with zero attached hydrogens (tertiary/aromatic N) is 2. The zero-order valence-electron chi connectivity index (χ0n) is 11.8. The smallest absolute Gasteiger partial charge is 0.0894 e. The van der Waals surface area contributed by atoms with Crippen LogP contribution >= 0.6 is 0 Å². The predicted molar refractivity (Wildman–Crippen MR) is 80.5 cm³/mol. The number of hydrogen-bond acceptors (Lipinski definition) is 4. The molecule has 106 valence electrons. The van der Waals surface area contributed by atoms with Gasteiger partial charge < -0.3 is 10.5 Å². The molecule has 0 aliphatic carbocycles. The number of fused-ring (bicyclic) bond motifs is 1. The van der Waals surface area contributed by atoms with Crippen molar-refractivity contribution in [2.45, 2.75) is 19.1 Å². The van der Waals surface area contributed by atoms with Crippen molar-refractivity contribution in [3.63, 3.8) is 0 Å². The molecule has 1 aliphatic heterocycles. The molecule has 4 heteroatoms. The van der Waals surface area contributed by atoms with Gasteiger partial charge in [0, 0.05) is 24.7 Å². The Hall–Kier alpha value is -1.49. The van der Waals surface area contributed by atoms with Gasteiger partial charge in [-0.2, -0.15) is 0 Å². The molecule has 4 nitrogen and oxygen atoms in total. The van der Waals surface area contributed by atoms with E-state index in [-0.39, 0.29) is 12.1 Å². The first-order valence-electron chi connectivity index (χ1n) is 7.22. The summed E-state index contributed by atoms with van der Waals surface area (Å²) < 4.78 is 5.86. The van der Waals surface area contributed by atoms with Gasteiger partial charge in [-0.3, -0.25) is 9.88 Å². The van der Waals surface area contributed by atoms with Crippen LogP contribution in [0.5, 0.6) is 0 Å². The summed E-state index contributed by atoms with van der Waals surface area (Å²) in [5, 5.41) is 1.13. The highest BCUT2D eigenvalue weighted by atomic mass is 16.5. The van der Waals surface area contributed by atoms with Crippen LogP contribution in [-0.4, -0.2) is 42.2 Å². The molecule has 0 spiro atoms. The summed E-state index contributed by atoms with van der Waals surface area (Å²) in [6.07, 6.45) is 1.88. The third-order valence-corrected chi connectivity index (χ3v) is 4.04. The first-order chi connectivity index (χ1) is 9.78. The Labute approximate surface area is 119 Å². The van der Waals surface area contributed by atoms with E-state index in [1.54, 1.807) is 0 Å². The van der Waals surface area contributed by atoms with Gasteiger partial charge in [-0.05, 0) is 30.3 Å². The van der Waals surface area contributed by atoms with Gasteiger partial charge in [0.1, 0.15) is 0 Å². The number of pyridine rings is 1. The topological polar surface area (TPSA) is 51.4 Å². The van der Waals surface area contributed by atoms with Crippen LogP contribution in [0.3, 0.4) is 0 Å². The van der Waals surface area contributed by atoms with Crippen molar-refractivity contribution >= 4 is 10.9 Å². The highest BCUT2D eigenvalue weighted by Gasteiger charge is 2.26. The molecule has 20 heavy (non-hydrogen) atoms. The average Bonchev–Trinajstić information content (AvgIpc) is 2.53. The summed E-state index contributed by atoms with van der Waals surface area (Å²) in [6, 6.07) is 10.2. The number of morpholine rings is 1. The van der Waals surface area contributed by atoms with Crippen molar-refractivity contribution in [3.8, 4) is 0 Å². The maximum atomic E-state index is 6.41. The van der Waals surface area contributed by atoms with E-state index in [9.17, 15) is 0 Å². The highest BCUT2D eigenvalue weighted by Crippen LogP contribution is 2.23. The third kappa shape index (κ3) is 2.68. The van der Waals surface area contributed by atoms with Crippen molar-refractivity contribution in [1.82, 2.24) is 9.88 Å². The van der Waals surface area contributed by atoms with Crippen molar-refractivity contribution < 1.29 is 4.74 Å².